The molecule has 3 rings (SSSR count). The van der Waals surface area contributed by atoms with Gasteiger partial charge < -0.3 is 15.0 Å². The molecule has 0 saturated carbocycles. The molecular weight excluding hydrogens is 368 g/mol. The van der Waals surface area contributed by atoms with Crippen LogP contribution in [0.4, 0.5) is 5.69 Å². The normalized spacial score (nSPS) is 16.3. The van der Waals surface area contributed by atoms with Crippen LogP contribution in [0.25, 0.3) is 0 Å². The zero-order chi connectivity index (χ0) is 19.2. The number of halogens is 1. The van der Waals surface area contributed by atoms with Crippen LogP contribution in [-0.2, 0) is 25.7 Å². The van der Waals surface area contributed by atoms with Gasteiger partial charge in [0.05, 0.1) is 5.92 Å². The molecular formula is C20H19ClN2O4. The first-order valence-corrected chi connectivity index (χ1v) is 8.93. The van der Waals surface area contributed by atoms with Gasteiger partial charge in [0.1, 0.15) is 0 Å². The predicted octanol–water partition coefficient (Wildman–Crippen LogP) is 2.87. The minimum Gasteiger partial charge on any atom is -0.455 e. The summed E-state index contributed by atoms with van der Waals surface area (Å²) >= 11 is 5.85. The predicted molar refractivity (Wildman–Crippen MR) is 101 cm³/mol. The van der Waals surface area contributed by atoms with Crippen molar-refractivity contribution in [3.8, 4) is 0 Å². The van der Waals surface area contributed by atoms with Gasteiger partial charge in [0.15, 0.2) is 6.61 Å². The Morgan fingerprint density at radius 2 is 1.93 bits per heavy atom. The number of carbonyl (C=O) groups excluding carboxylic acids is 3. The molecule has 2 amide bonds. The minimum atomic E-state index is -0.555. The number of anilines is 1. The molecule has 0 unspecified atom stereocenters. The fourth-order valence-electron chi connectivity index (χ4n) is 2.90. The molecule has 140 valence electrons. The van der Waals surface area contributed by atoms with Gasteiger partial charge in [-0.25, -0.2) is 0 Å². The van der Waals surface area contributed by atoms with E-state index in [0.29, 0.717) is 23.8 Å². The lowest BCUT2D eigenvalue weighted by Gasteiger charge is -2.16. The lowest BCUT2D eigenvalue weighted by Crippen LogP contribution is -2.28. The average Bonchev–Trinajstić information content (AvgIpc) is 3.01. The van der Waals surface area contributed by atoms with Crippen molar-refractivity contribution in [2.24, 2.45) is 5.92 Å². The third kappa shape index (κ3) is 5.31. The molecule has 0 spiro atoms. The second kappa shape index (κ2) is 8.68. The Kier molecular flexibility index (Phi) is 6.08. The number of amides is 2. The highest BCUT2D eigenvalue weighted by atomic mass is 35.5. The number of hydrogen-bond acceptors (Lipinski definition) is 4. The van der Waals surface area contributed by atoms with Crippen LogP contribution in [0.15, 0.2) is 54.6 Å². The van der Waals surface area contributed by atoms with Crippen molar-refractivity contribution in [3.63, 3.8) is 0 Å². The van der Waals surface area contributed by atoms with Crippen LogP contribution >= 0.6 is 11.6 Å². The van der Waals surface area contributed by atoms with E-state index < -0.39 is 24.4 Å². The summed E-state index contributed by atoms with van der Waals surface area (Å²) in [6.07, 6.45) is 0.0988. The van der Waals surface area contributed by atoms with Crippen LogP contribution in [0.2, 0.25) is 5.02 Å². The van der Waals surface area contributed by atoms with E-state index in [9.17, 15) is 14.4 Å². The third-order valence-corrected chi connectivity index (χ3v) is 4.45. The molecule has 0 aromatic heterocycles. The van der Waals surface area contributed by atoms with Gasteiger partial charge in [0, 0.05) is 30.2 Å². The number of benzene rings is 2. The Morgan fingerprint density at radius 3 is 2.67 bits per heavy atom. The van der Waals surface area contributed by atoms with Crippen LogP contribution in [0.3, 0.4) is 0 Å². The van der Waals surface area contributed by atoms with Crippen LogP contribution in [0.1, 0.15) is 12.0 Å². The molecule has 0 aliphatic carbocycles. The summed E-state index contributed by atoms with van der Waals surface area (Å²) in [5.74, 6) is -1.65. The highest BCUT2D eigenvalue weighted by molar-refractivity contribution is 6.30. The summed E-state index contributed by atoms with van der Waals surface area (Å²) in [6, 6.07) is 16.2. The summed E-state index contributed by atoms with van der Waals surface area (Å²) in [7, 11) is 0. The van der Waals surface area contributed by atoms with Gasteiger partial charge in [-0.1, -0.05) is 48.0 Å². The quantitative estimate of drug-likeness (QED) is 0.774. The molecule has 1 atom stereocenters. The van der Waals surface area contributed by atoms with E-state index in [0.717, 1.165) is 5.56 Å². The molecule has 1 heterocycles. The fourth-order valence-corrected chi connectivity index (χ4v) is 3.09. The number of carbonyl (C=O) groups is 3. The molecule has 2 aromatic rings. The first kappa shape index (κ1) is 18.9. The van der Waals surface area contributed by atoms with Gasteiger partial charge in [-0.3, -0.25) is 14.4 Å². The fraction of sp³-hybridized carbons (Fsp3) is 0.250. The maximum atomic E-state index is 12.2. The average molecular weight is 387 g/mol. The van der Waals surface area contributed by atoms with Crippen molar-refractivity contribution >= 4 is 35.1 Å². The monoisotopic (exact) mass is 386 g/mol. The summed E-state index contributed by atoms with van der Waals surface area (Å²) in [4.78, 5) is 37.9. The minimum absolute atomic E-state index is 0.0933. The van der Waals surface area contributed by atoms with Crippen molar-refractivity contribution < 1.29 is 19.1 Å². The molecule has 2 aromatic carbocycles. The van der Waals surface area contributed by atoms with Crippen molar-refractivity contribution in [1.82, 2.24) is 4.90 Å². The maximum absolute atomic E-state index is 12.2. The second-order valence-corrected chi connectivity index (χ2v) is 6.76. The second-order valence-electron chi connectivity index (χ2n) is 6.33. The van der Waals surface area contributed by atoms with E-state index in [4.69, 9.17) is 16.3 Å². The molecule has 0 radical (unpaired) electrons. The Morgan fingerprint density at radius 1 is 1.15 bits per heavy atom. The highest BCUT2D eigenvalue weighted by Crippen LogP contribution is 2.21. The van der Waals surface area contributed by atoms with Crippen LogP contribution in [-0.4, -0.2) is 35.8 Å². The van der Waals surface area contributed by atoms with E-state index in [1.165, 1.54) is 0 Å². The number of ether oxygens (including phenoxy) is 1. The summed E-state index contributed by atoms with van der Waals surface area (Å²) in [5, 5.41) is 3.09. The standard InChI is InChI=1S/C20H19ClN2O4/c21-16-7-4-8-17(10-16)22-18(24)13-27-20(26)15-9-19(25)23(12-15)11-14-5-2-1-3-6-14/h1-8,10,15H,9,11-13H2,(H,22,24)/t15-/m0/s1. The van der Waals surface area contributed by atoms with Gasteiger partial charge in [-0.2, -0.15) is 0 Å². The molecule has 0 bridgehead atoms. The van der Waals surface area contributed by atoms with Crippen LogP contribution in [0.5, 0.6) is 0 Å². The summed E-state index contributed by atoms with van der Waals surface area (Å²) in [6.45, 7) is 0.343. The van der Waals surface area contributed by atoms with Crippen molar-refractivity contribution in [3.05, 3.63) is 65.2 Å². The SMILES string of the molecule is O=C(COC(=O)[C@H]1CC(=O)N(Cc2ccccc2)C1)Nc1cccc(Cl)c1. The summed E-state index contributed by atoms with van der Waals surface area (Å²) in [5.41, 5.74) is 1.52. The van der Waals surface area contributed by atoms with Crippen LogP contribution < -0.4 is 5.32 Å². The van der Waals surface area contributed by atoms with Gasteiger partial charge in [0.25, 0.3) is 5.91 Å². The first-order chi connectivity index (χ1) is 13.0. The Labute approximate surface area is 162 Å². The first-order valence-electron chi connectivity index (χ1n) is 8.55. The molecule has 6 nitrogen and oxygen atoms in total. The van der Waals surface area contributed by atoms with Gasteiger partial charge >= 0.3 is 5.97 Å². The third-order valence-electron chi connectivity index (χ3n) is 4.22. The van der Waals surface area contributed by atoms with E-state index in [-0.39, 0.29) is 12.3 Å². The van der Waals surface area contributed by atoms with Gasteiger partial charge in [-0.05, 0) is 23.8 Å². The molecule has 1 saturated heterocycles. The lowest BCUT2D eigenvalue weighted by atomic mass is 10.1. The smallest absolute Gasteiger partial charge is 0.311 e. The summed E-state index contributed by atoms with van der Waals surface area (Å²) < 4.78 is 5.07. The molecule has 1 aliphatic heterocycles. The number of rotatable bonds is 6. The molecule has 27 heavy (non-hydrogen) atoms. The van der Waals surface area contributed by atoms with Crippen molar-refractivity contribution in [2.75, 3.05) is 18.5 Å². The largest absolute Gasteiger partial charge is 0.455 e. The Hall–Kier alpha value is -2.86. The van der Waals surface area contributed by atoms with Crippen molar-refractivity contribution in [2.45, 2.75) is 13.0 Å². The van der Waals surface area contributed by atoms with E-state index in [1.807, 2.05) is 30.3 Å². The Balaban J connectivity index is 1.47. The topological polar surface area (TPSA) is 75.7 Å². The molecule has 7 heteroatoms. The van der Waals surface area contributed by atoms with Crippen molar-refractivity contribution in [1.29, 1.82) is 0 Å². The number of nitrogens with zero attached hydrogens (tertiary/aromatic N) is 1. The lowest BCUT2D eigenvalue weighted by molar-refractivity contribution is -0.151. The van der Waals surface area contributed by atoms with E-state index in [2.05, 4.69) is 5.32 Å². The highest BCUT2D eigenvalue weighted by Gasteiger charge is 2.35. The number of esters is 1. The number of hydrogen-bond donors (Lipinski definition) is 1. The number of likely N-dealkylation sites (tertiary alicyclic amines) is 1. The molecule has 1 fully saturated rings. The van der Waals surface area contributed by atoms with E-state index in [1.54, 1.807) is 29.2 Å². The van der Waals surface area contributed by atoms with E-state index >= 15 is 0 Å². The zero-order valence-corrected chi connectivity index (χ0v) is 15.3. The van der Waals surface area contributed by atoms with Crippen LogP contribution in [0, 0.1) is 5.92 Å². The Bertz CT molecular complexity index is 841. The zero-order valence-electron chi connectivity index (χ0n) is 14.6. The molecule has 1 N–H and O–H groups in total. The van der Waals surface area contributed by atoms with Gasteiger partial charge in [-0.15, -0.1) is 0 Å². The molecule has 1 aliphatic rings. The van der Waals surface area contributed by atoms with Gasteiger partial charge in [0.2, 0.25) is 5.91 Å². The number of nitrogens with one attached hydrogen (secondary N) is 1. The maximum Gasteiger partial charge on any atom is 0.311 e.